The first-order valence-corrected chi connectivity index (χ1v) is 6.42. The predicted octanol–water partition coefficient (Wildman–Crippen LogP) is 4.08. The van der Waals surface area contributed by atoms with E-state index in [0.29, 0.717) is 13.2 Å². The molecule has 0 aromatic heterocycles. The molecule has 0 bridgehead atoms. The predicted molar refractivity (Wildman–Crippen MR) is 74.5 cm³/mol. The Hall–Kier alpha value is -1.55. The Bertz CT molecular complexity index is 519. The molecule has 0 fully saturated rings. The van der Waals surface area contributed by atoms with Crippen molar-refractivity contribution in [3.05, 3.63) is 58.8 Å². The Labute approximate surface area is 114 Å². The SMILES string of the molecule is Fc1ccccc1OCCNc1cccc(Br)c1. The van der Waals surface area contributed by atoms with Crippen LogP contribution in [0.2, 0.25) is 0 Å². The van der Waals surface area contributed by atoms with Gasteiger partial charge in [0.1, 0.15) is 6.61 Å². The molecule has 2 nitrogen and oxygen atoms in total. The lowest BCUT2D eigenvalue weighted by Crippen LogP contribution is -2.11. The Morgan fingerprint density at radius 3 is 2.72 bits per heavy atom. The van der Waals surface area contributed by atoms with Crippen molar-refractivity contribution >= 4 is 21.6 Å². The van der Waals surface area contributed by atoms with E-state index in [2.05, 4.69) is 21.2 Å². The van der Waals surface area contributed by atoms with Crippen LogP contribution in [0.1, 0.15) is 0 Å². The molecular weight excluding hydrogens is 297 g/mol. The smallest absolute Gasteiger partial charge is 0.165 e. The number of halogens is 2. The molecule has 1 N–H and O–H groups in total. The maximum absolute atomic E-state index is 13.2. The highest BCUT2D eigenvalue weighted by Crippen LogP contribution is 2.16. The summed E-state index contributed by atoms with van der Waals surface area (Å²) in [6.07, 6.45) is 0. The number of ether oxygens (including phenoxy) is 1. The summed E-state index contributed by atoms with van der Waals surface area (Å²) >= 11 is 3.40. The van der Waals surface area contributed by atoms with Crippen LogP contribution in [0.3, 0.4) is 0 Å². The zero-order valence-corrected chi connectivity index (χ0v) is 11.3. The van der Waals surface area contributed by atoms with E-state index in [0.717, 1.165) is 10.2 Å². The third-order valence-corrected chi connectivity index (χ3v) is 2.84. The number of hydrogen-bond acceptors (Lipinski definition) is 2. The first kappa shape index (κ1) is 12.9. The average molecular weight is 310 g/mol. The highest BCUT2D eigenvalue weighted by atomic mass is 79.9. The standard InChI is InChI=1S/C14H13BrFNO/c15-11-4-3-5-12(10-11)17-8-9-18-14-7-2-1-6-13(14)16/h1-7,10,17H,8-9H2. The van der Waals surface area contributed by atoms with E-state index in [1.807, 2.05) is 24.3 Å². The fourth-order valence-corrected chi connectivity index (χ4v) is 1.92. The fourth-order valence-electron chi connectivity index (χ4n) is 1.52. The van der Waals surface area contributed by atoms with Crippen LogP contribution in [-0.4, -0.2) is 13.2 Å². The van der Waals surface area contributed by atoms with Crippen LogP contribution in [0, 0.1) is 5.82 Å². The van der Waals surface area contributed by atoms with Crippen LogP contribution in [0.4, 0.5) is 10.1 Å². The van der Waals surface area contributed by atoms with E-state index in [1.54, 1.807) is 18.2 Å². The second-order valence-corrected chi connectivity index (χ2v) is 4.63. The molecule has 0 aliphatic heterocycles. The lowest BCUT2D eigenvalue weighted by molar-refractivity contribution is 0.315. The van der Waals surface area contributed by atoms with E-state index in [9.17, 15) is 4.39 Å². The van der Waals surface area contributed by atoms with Crippen LogP contribution in [-0.2, 0) is 0 Å². The first-order chi connectivity index (χ1) is 8.75. The van der Waals surface area contributed by atoms with Gasteiger partial charge in [-0.1, -0.05) is 34.1 Å². The molecule has 0 saturated heterocycles. The van der Waals surface area contributed by atoms with Crippen molar-refractivity contribution in [1.29, 1.82) is 0 Å². The molecule has 0 radical (unpaired) electrons. The summed E-state index contributed by atoms with van der Waals surface area (Å²) in [5.74, 6) is -0.0477. The van der Waals surface area contributed by atoms with Gasteiger partial charge in [0.15, 0.2) is 11.6 Å². The van der Waals surface area contributed by atoms with Gasteiger partial charge < -0.3 is 10.1 Å². The van der Waals surface area contributed by atoms with Crippen molar-refractivity contribution in [3.63, 3.8) is 0 Å². The van der Waals surface area contributed by atoms with Gasteiger partial charge >= 0.3 is 0 Å². The molecule has 18 heavy (non-hydrogen) atoms. The van der Waals surface area contributed by atoms with Crippen molar-refractivity contribution in [2.75, 3.05) is 18.5 Å². The van der Waals surface area contributed by atoms with Gasteiger partial charge in [0.25, 0.3) is 0 Å². The van der Waals surface area contributed by atoms with E-state index in [-0.39, 0.29) is 11.6 Å². The first-order valence-electron chi connectivity index (χ1n) is 5.62. The summed E-state index contributed by atoms with van der Waals surface area (Å²) in [5, 5.41) is 3.20. The number of anilines is 1. The molecule has 4 heteroatoms. The van der Waals surface area contributed by atoms with E-state index < -0.39 is 0 Å². The molecule has 0 aliphatic carbocycles. The second kappa shape index (κ2) is 6.40. The molecule has 2 aromatic rings. The lowest BCUT2D eigenvalue weighted by atomic mass is 10.3. The zero-order chi connectivity index (χ0) is 12.8. The summed E-state index contributed by atoms with van der Waals surface area (Å²) in [7, 11) is 0. The largest absolute Gasteiger partial charge is 0.489 e. The molecule has 2 aromatic carbocycles. The lowest BCUT2D eigenvalue weighted by Gasteiger charge is -2.09. The molecule has 0 unspecified atom stereocenters. The van der Waals surface area contributed by atoms with Gasteiger partial charge in [-0.15, -0.1) is 0 Å². The molecule has 2 rings (SSSR count). The Balaban J connectivity index is 1.78. The van der Waals surface area contributed by atoms with Crippen LogP contribution < -0.4 is 10.1 Å². The normalized spacial score (nSPS) is 10.1. The van der Waals surface area contributed by atoms with Crippen LogP contribution in [0.15, 0.2) is 53.0 Å². The third kappa shape index (κ3) is 3.74. The van der Waals surface area contributed by atoms with Gasteiger partial charge in [-0.05, 0) is 30.3 Å². The molecule has 0 heterocycles. The molecule has 0 spiro atoms. The van der Waals surface area contributed by atoms with E-state index in [4.69, 9.17) is 4.74 Å². The summed E-state index contributed by atoms with van der Waals surface area (Å²) in [6, 6.07) is 14.2. The van der Waals surface area contributed by atoms with Gasteiger partial charge in [-0.3, -0.25) is 0 Å². The quantitative estimate of drug-likeness (QED) is 0.840. The van der Waals surface area contributed by atoms with Crippen molar-refractivity contribution in [2.45, 2.75) is 0 Å². The van der Waals surface area contributed by atoms with Crippen LogP contribution in [0.5, 0.6) is 5.75 Å². The van der Waals surface area contributed by atoms with Gasteiger partial charge in [0, 0.05) is 16.7 Å². The average Bonchev–Trinajstić information content (AvgIpc) is 2.37. The third-order valence-electron chi connectivity index (χ3n) is 2.35. The molecule has 0 aliphatic rings. The number of nitrogens with one attached hydrogen (secondary N) is 1. The topological polar surface area (TPSA) is 21.3 Å². The monoisotopic (exact) mass is 309 g/mol. The molecule has 94 valence electrons. The molecule has 0 saturated carbocycles. The minimum Gasteiger partial charge on any atom is -0.489 e. The molecule has 0 atom stereocenters. The van der Waals surface area contributed by atoms with E-state index in [1.165, 1.54) is 6.07 Å². The van der Waals surface area contributed by atoms with Crippen LogP contribution >= 0.6 is 15.9 Å². The number of benzene rings is 2. The second-order valence-electron chi connectivity index (χ2n) is 3.72. The van der Waals surface area contributed by atoms with Gasteiger partial charge in [-0.25, -0.2) is 4.39 Å². The molecule has 0 amide bonds. The van der Waals surface area contributed by atoms with Crippen molar-refractivity contribution in [2.24, 2.45) is 0 Å². The summed E-state index contributed by atoms with van der Waals surface area (Å²) in [5.41, 5.74) is 1.00. The summed E-state index contributed by atoms with van der Waals surface area (Å²) in [6.45, 7) is 1.03. The Morgan fingerprint density at radius 2 is 1.94 bits per heavy atom. The minimum absolute atomic E-state index is 0.286. The van der Waals surface area contributed by atoms with Gasteiger partial charge in [0.05, 0.1) is 0 Å². The minimum atomic E-state index is -0.333. The van der Waals surface area contributed by atoms with Gasteiger partial charge in [-0.2, -0.15) is 0 Å². The highest BCUT2D eigenvalue weighted by Gasteiger charge is 2.00. The zero-order valence-electron chi connectivity index (χ0n) is 9.70. The Morgan fingerprint density at radius 1 is 1.11 bits per heavy atom. The number of rotatable bonds is 5. The maximum Gasteiger partial charge on any atom is 0.165 e. The number of para-hydroxylation sites is 1. The number of hydrogen-bond donors (Lipinski definition) is 1. The highest BCUT2D eigenvalue weighted by molar-refractivity contribution is 9.10. The summed E-state index contributed by atoms with van der Waals surface area (Å²) < 4.78 is 19.6. The van der Waals surface area contributed by atoms with E-state index >= 15 is 0 Å². The maximum atomic E-state index is 13.2. The molecular formula is C14H13BrFNO. The fraction of sp³-hybridized carbons (Fsp3) is 0.143. The van der Waals surface area contributed by atoms with Crippen molar-refractivity contribution in [3.8, 4) is 5.75 Å². The van der Waals surface area contributed by atoms with Crippen LogP contribution in [0.25, 0.3) is 0 Å². The Kier molecular flexibility index (Phi) is 4.59. The van der Waals surface area contributed by atoms with Crippen molar-refractivity contribution in [1.82, 2.24) is 0 Å². The van der Waals surface area contributed by atoms with Crippen molar-refractivity contribution < 1.29 is 9.13 Å². The van der Waals surface area contributed by atoms with Gasteiger partial charge in [0.2, 0.25) is 0 Å². The summed E-state index contributed by atoms with van der Waals surface area (Å²) in [4.78, 5) is 0.